The van der Waals surface area contributed by atoms with Crippen molar-refractivity contribution in [2.24, 2.45) is 0 Å². The molecule has 1 aliphatic rings. The summed E-state index contributed by atoms with van der Waals surface area (Å²) in [6.45, 7) is 2.82. The highest BCUT2D eigenvalue weighted by molar-refractivity contribution is 7.94. The second kappa shape index (κ2) is 12.6. The van der Waals surface area contributed by atoms with Crippen LogP contribution < -0.4 is 14.8 Å². The van der Waals surface area contributed by atoms with Crippen molar-refractivity contribution in [3.8, 4) is 5.75 Å². The van der Waals surface area contributed by atoms with Crippen molar-refractivity contribution < 1.29 is 46.4 Å². The highest BCUT2D eigenvalue weighted by Gasteiger charge is 2.40. The third-order valence-electron chi connectivity index (χ3n) is 5.18. The van der Waals surface area contributed by atoms with E-state index in [2.05, 4.69) is 10.2 Å². The minimum Gasteiger partial charge on any atom is -0.410 e. The molecule has 17 heteroatoms. The smallest absolute Gasteiger partial charge is 0.410 e. The van der Waals surface area contributed by atoms with Gasteiger partial charge in [-0.05, 0) is 36.7 Å². The number of carbonyl (C=O) groups is 1. The number of sulfonamides is 2. The minimum atomic E-state index is -4.47. The Morgan fingerprint density at radius 3 is 2.73 bits per heavy atom. The molecule has 0 fully saturated rings. The normalized spacial score (nSPS) is 17.5. The van der Waals surface area contributed by atoms with Crippen molar-refractivity contribution in [1.82, 2.24) is 19.7 Å². The number of hydrogen-bond donors (Lipinski definition) is 4. The minimum absolute atomic E-state index is 0.0387. The number of ether oxygens (including phenoxy) is 2. The van der Waals surface area contributed by atoms with Crippen molar-refractivity contribution in [3.05, 3.63) is 41.5 Å². The molecular formula is C20H28N4O10S3. The van der Waals surface area contributed by atoms with Crippen molar-refractivity contribution >= 4 is 37.5 Å². The van der Waals surface area contributed by atoms with Gasteiger partial charge >= 0.3 is 6.09 Å². The van der Waals surface area contributed by atoms with Crippen LogP contribution in [0.25, 0.3) is 0 Å². The summed E-state index contributed by atoms with van der Waals surface area (Å²) in [6, 6.07) is 6.54. The monoisotopic (exact) mass is 580 g/mol. The Bertz CT molecular complexity index is 1300. The van der Waals surface area contributed by atoms with E-state index >= 15 is 0 Å². The third-order valence-corrected chi connectivity index (χ3v) is 10.5. The first-order valence-electron chi connectivity index (χ1n) is 11.0. The van der Waals surface area contributed by atoms with Crippen LogP contribution in [0.5, 0.6) is 5.75 Å². The van der Waals surface area contributed by atoms with Crippen molar-refractivity contribution in [1.29, 1.82) is 0 Å². The van der Waals surface area contributed by atoms with Gasteiger partial charge in [0, 0.05) is 38.4 Å². The fourth-order valence-corrected chi connectivity index (χ4v) is 8.36. The van der Waals surface area contributed by atoms with Gasteiger partial charge < -0.3 is 14.8 Å². The second-order valence-electron chi connectivity index (χ2n) is 7.80. The van der Waals surface area contributed by atoms with Crippen molar-refractivity contribution in [2.75, 3.05) is 33.4 Å². The maximum absolute atomic E-state index is 13.2. The fraction of sp³-hybridized carbons (Fsp3) is 0.450. The SMILES string of the molecule is CCN[C@H]1CN(CCCOC)S(=O)(=O)c2sc(S(=O)(=O)NC(=O)Oc3cccc(CON(O)O)c3)cc21. The quantitative estimate of drug-likeness (QED) is 0.209. The first-order chi connectivity index (χ1) is 17.5. The predicted molar refractivity (Wildman–Crippen MR) is 129 cm³/mol. The molecule has 206 valence electrons. The van der Waals surface area contributed by atoms with Crippen LogP contribution in [0.1, 0.15) is 30.5 Å². The molecule has 4 N–H and O–H groups in total. The maximum Gasteiger partial charge on any atom is 0.426 e. The van der Waals surface area contributed by atoms with Gasteiger partial charge in [0.1, 0.15) is 14.2 Å². The summed E-state index contributed by atoms with van der Waals surface area (Å²) >= 11 is 0.554. The Hall–Kier alpha value is -2.19. The van der Waals surface area contributed by atoms with Crippen LogP contribution in [0.2, 0.25) is 0 Å². The van der Waals surface area contributed by atoms with Gasteiger partial charge in [0.15, 0.2) is 0 Å². The molecule has 0 saturated heterocycles. The number of hydrogen-bond acceptors (Lipinski definition) is 13. The molecule has 1 aromatic heterocycles. The highest BCUT2D eigenvalue weighted by atomic mass is 32.3. The van der Waals surface area contributed by atoms with E-state index in [1.807, 2.05) is 6.92 Å². The molecule has 0 radical (unpaired) electrons. The molecule has 1 aliphatic heterocycles. The van der Waals surface area contributed by atoms with Gasteiger partial charge in [-0.15, -0.1) is 11.3 Å². The molecular weight excluding hydrogens is 552 g/mol. The van der Waals surface area contributed by atoms with E-state index in [-0.39, 0.29) is 33.9 Å². The lowest BCUT2D eigenvalue weighted by Gasteiger charge is -2.32. The molecule has 0 saturated carbocycles. The Labute approximate surface area is 218 Å². The van der Waals surface area contributed by atoms with Crippen molar-refractivity contribution in [2.45, 2.75) is 34.4 Å². The summed E-state index contributed by atoms with van der Waals surface area (Å²) in [5.41, 5.74) is 0.708. The number of rotatable bonds is 12. The number of benzene rings is 1. The lowest BCUT2D eigenvalue weighted by molar-refractivity contribution is -0.497. The molecule has 37 heavy (non-hydrogen) atoms. The zero-order valence-corrected chi connectivity index (χ0v) is 22.4. The van der Waals surface area contributed by atoms with Crippen LogP contribution in [0.15, 0.2) is 38.8 Å². The topological polar surface area (TPSA) is 184 Å². The molecule has 0 aliphatic carbocycles. The average Bonchev–Trinajstić information content (AvgIpc) is 3.29. The van der Waals surface area contributed by atoms with Crippen LogP contribution in [0.4, 0.5) is 4.79 Å². The Morgan fingerprint density at radius 2 is 2.05 bits per heavy atom. The van der Waals surface area contributed by atoms with Gasteiger partial charge in [0.05, 0.1) is 12.0 Å². The van der Waals surface area contributed by atoms with E-state index in [4.69, 9.17) is 19.9 Å². The lowest BCUT2D eigenvalue weighted by atomic mass is 10.1. The first kappa shape index (κ1) is 29.4. The van der Waals surface area contributed by atoms with Gasteiger partial charge in [0.2, 0.25) is 0 Å². The lowest BCUT2D eigenvalue weighted by Crippen LogP contribution is -2.43. The first-order valence-corrected chi connectivity index (χ1v) is 14.7. The zero-order valence-electron chi connectivity index (χ0n) is 20.0. The summed E-state index contributed by atoms with van der Waals surface area (Å²) in [5, 5.41) is 19.9. The number of thiophene rings is 1. The van der Waals surface area contributed by atoms with E-state index < -0.39 is 37.6 Å². The van der Waals surface area contributed by atoms with Crippen LogP contribution in [-0.2, 0) is 36.2 Å². The molecule has 1 atom stereocenters. The van der Waals surface area contributed by atoms with Crippen LogP contribution in [0, 0.1) is 0 Å². The summed E-state index contributed by atoms with van der Waals surface area (Å²) in [6.07, 6.45) is -0.845. The average molecular weight is 581 g/mol. The Kier molecular flexibility index (Phi) is 9.98. The zero-order chi connectivity index (χ0) is 27.2. The number of fused-ring (bicyclic) bond motifs is 1. The summed E-state index contributed by atoms with van der Waals surface area (Å²) in [5.74, 6) is -0.0387. The number of carbonyl (C=O) groups excluding carboxylic acids is 1. The van der Waals surface area contributed by atoms with E-state index in [9.17, 15) is 21.6 Å². The molecule has 0 unspecified atom stereocenters. The van der Waals surface area contributed by atoms with Gasteiger partial charge in [-0.2, -0.15) is 4.31 Å². The van der Waals surface area contributed by atoms with Gasteiger partial charge in [-0.3, -0.25) is 10.4 Å². The number of amides is 1. The molecule has 2 aromatic rings. The van der Waals surface area contributed by atoms with E-state index in [1.165, 1.54) is 35.7 Å². The molecule has 1 amide bonds. The second-order valence-corrected chi connectivity index (χ2v) is 12.9. The number of methoxy groups -OCH3 is 1. The predicted octanol–water partition coefficient (Wildman–Crippen LogP) is 1.43. The molecule has 2 heterocycles. The molecule has 1 aromatic carbocycles. The molecule has 0 spiro atoms. The number of likely N-dealkylation sites (N-methyl/N-ethyl adjacent to an activating group) is 1. The molecule has 3 rings (SSSR count). The number of nitrogens with zero attached hydrogens (tertiary/aromatic N) is 2. The van der Waals surface area contributed by atoms with Crippen LogP contribution in [0.3, 0.4) is 0 Å². The summed E-state index contributed by atoms with van der Waals surface area (Å²) in [7, 11) is -6.90. The largest absolute Gasteiger partial charge is 0.426 e. The van der Waals surface area contributed by atoms with E-state index in [1.54, 1.807) is 10.8 Å². The number of nitrogens with one attached hydrogen (secondary N) is 2. The molecule has 0 bridgehead atoms. The fourth-order valence-electron chi connectivity index (χ4n) is 3.60. The third kappa shape index (κ3) is 7.44. The standard InChI is InChI=1S/C20H28N4O10S3/c1-3-21-17-12-23(8-5-9-32-2)37(30,31)19-16(17)11-18(35-19)36(28,29)22-20(25)34-15-7-4-6-14(10-15)13-33-24(26)27/h4,6-7,10-11,17,21,26-27H,3,5,8-9,12-13H2,1-2H3,(H,22,25)/t17-/m0/s1. The van der Waals surface area contributed by atoms with E-state index in [0.29, 0.717) is 42.0 Å². The van der Waals surface area contributed by atoms with Gasteiger partial charge in [-0.1, -0.05) is 19.1 Å². The Morgan fingerprint density at radius 1 is 1.30 bits per heavy atom. The Balaban J connectivity index is 1.79. The van der Waals surface area contributed by atoms with E-state index in [0.717, 1.165) is 0 Å². The maximum atomic E-state index is 13.2. The van der Waals surface area contributed by atoms with Gasteiger partial charge in [-0.25, -0.2) is 31.2 Å². The highest BCUT2D eigenvalue weighted by Crippen LogP contribution is 2.40. The van der Waals surface area contributed by atoms with Crippen LogP contribution >= 0.6 is 11.3 Å². The van der Waals surface area contributed by atoms with Gasteiger partial charge in [0.25, 0.3) is 20.0 Å². The van der Waals surface area contributed by atoms with Crippen LogP contribution in [-0.4, -0.2) is 76.4 Å². The van der Waals surface area contributed by atoms with Crippen molar-refractivity contribution in [3.63, 3.8) is 0 Å². The summed E-state index contributed by atoms with van der Waals surface area (Å²) < 4.78 is 64.9. The summed E-state index contributed by atoms with van der Waals surface area (Å²) in [4.78, 5) is 16.8. The molecule has 14 nitrogen and oxygen atoms in total.